The van der Waals surface area contributed by atoms with Gasteiger partial charge in [-0.2, -0.15) is 0 Å². The zero-order valence-electron chi connectivity index (χ0n) is 48.2. The van der Waals surface area contributed by atoms with Gasteiger partial charge in [-0.05, 0) is 51.5 Å². The number of aromatic nitrogens is 2. The van der Waals surface area contributed by atoms with Crippen LogP contribution in [-0.2, 0) is 80.0 Å². The highest BCUT2D eigenvalue weighted by Crippen LogP contribution is 2.10. The smallest absolute Gasteiger partial charge is 0.328 e. The number of hydrogen-bond donors (Lipinski definition) is 20. The summed E-state index contributed by atoms with van der Waals surface area (Å²) in [5.74, 6) is -16.7. The molecule has 0 bridgehead atoms. The van der Waals surface area contributed by atoms with E-state index in [1.165, 1.54) is 31.6 Å². The first kappa shape index (κ1) is 73.9. The van der Waals surface area contributed by atoms with Gasteiger partial charge in [0.05, 0.1) is 50.9 Å². The molecule has 0 fully saturated rings. The number of amides is 11. The topological polar surface area (TPSA) is 568 Å². The van der Waals surface area contributed by atoms with Crippen LogP contribution in [0.3, 0.4) is 0 Å². The number of carboxylic acids is 3. The van der Waals surface area contributed by atoms with Crippen molar-refractivity contribution >= 4 is 82.9 Å². The van der Waals surface area contributed by atoms with Crippen LogP contribution in [0.4, 0.5) is 0 Å². The number of nitrogens with one attached hydrogen (secondary N) is 12. The predicted octanol–water partition coefficient (Wildman–Crippen LogP) is -8.26. The molecular formula is C52H78N14O21. The predicted molar refractivity (Wildman–Crippen MR) is 298 cm³/mol. The van der Waals surface area contributed by atoms with E-state index in [-0.39, 0.29) is 25.2 Å². The highest BCUT2D eigenvalue weighted by molar-refractivity contribution is 5.99. The third-order valence-electron chi connectivity index (χ3n) is 12.5. The number of aromatic amines is 1. The zero-order valence-corrected chi connectivity index (χ0v) is 48.2. The number of hydrogen-bond acceptors (Lipinski definition) is 20. The van der Waals surface area contributed by atoms with Gasteiger partial charge >= 0.3 is 17.9 Å². The molecule has 11 amide bonds. The van der Waals surface area contributed by atoms with E-state index in [1.54, 1.807) is 32.0 Å². The van der Waals surface area contributed by atoms with Gasteiger partial charge in [-0.3, -0.25) is 62.3 Å². The fourth-order valence-corrected chi connectivity index (χ4v) is 7.81. The van der Waals surface area contributed by atoms with Crippen LogP contribution >= 0.6 is 0 Å². The first-order valence-corrected chi connectivity index (χ1v) is 27.1. The average Bonchev–Trinajstić information content (AvgIpc) is 3.62. The first-order valence-electron chi connectivity index (χ1n) is 27.1. The Morgan fingerprint density at radius 3 is 1.45 bits per heavy atom. The molecule has 35 heteroatoms. The summed E-state index contributed by atoms with van der Waals surface area (Å²) in [6.45, 7) is 2.67. The lowest BCUT2D eigenvalue weighted by Gasteiger charge is -2.27. The molecule has 2 aromatic rings. The summed E-state index contributed by atoms with van der Waals surface area (Å²) in [6.07, 6.45) is -3.32. The van der Waals surface area contributed by atoms with Crippen molar-refractivity contribution in [3.8, 4) is 0 Å². The number of aliphatic hydroxyl groups excluding tert-OH is 4. The molecule has 2 rings (SSSR count). The lowest BCUT2D eigenvalue weighted by atomic mass is 10.0. The van der Waals surface area contributed by atoms with E-state index in [0.717, 1.165) is 13.8 Å². The average molecular weight is 1240 g/mol. The molecule has 21 N–H and O–H groups in total. The fraction of sp³-hybridized carbons (Fsp3) is 0.558. The van der Waals surface area contributed by atoms with E-state index in [4.69, 9.17) is 5.73 Å². The van der Waals surface area contributed by atoms with Crippen molar-refractivity contribution in [1.29, 1.82) is 0 Å². The SMILES string of the molecule is CC(C)C[C@H](NC(=O)[C@H](CCC(=O)O)NC(=O)[C@H](CO)NC(=O)[C@H](CO)NC(=O)[C@H](Cc1ccccc1)NC(=O)[C@@H](NC(=O)CNC(=O)[C@H](CCC(=O)O)NC(=O)CNC(=O)[C@@H](N)Cc1cnc[nH]1)[C@@H](C)O)C(=O)N[C@@H](C)C(=O)N[C@H](C(=O)O)[C@@H](C)O. The Morgan fingerprint density at radius 2 is 0.966 bits per heavy atom. The van der Waals surface area contributed by atoms with E-state index in [9.17, 15) is 103 Å². The van der Waals surface area contributed by atoms with Gasteiger partial charge in [0.1, 0.15) is 48.3 Å². The molecule has 0 aliphatic carbocycles. The van der Waals surface area contributed by atoms with Crippen LogP contribution in [0.1, 0.15) is 78.0 Å². The van der Waals surface area contributed by atoms with Gasteiger partial charge in [0.2, 0.25) is 65.0 Å². The largest absolute Gasteiger partial charge is 0.481 e. The van der Waals surface area contributed by atoms with Crippen molar-refractivity contribution in [1.82, 2.24) is 68.5 Å². The Hall–Kier alpha value is -9.19. The van der Waals surface area contributed by atoms with E-state index in [2.05, 4.69) is 68.5 Å². The number of H-pyrrole nitrogens is 1. The lowest BCUT2D eigenvalue weighted by molar-refractivity contribution is -0.145. The van der Waals surface area contributed by atoms with Crippen LogP contribution in [0.5, 0.6) is 0 Å². The molecule has 0 saturated heterocycles. The molecule has 1 heterocycles. The van der Waals surface area contributed by atoms with E-state index in [0.29, 0.717) is 11.3 Å². The Labute approximate surface area is 497 Å². The minimum Gasteiger partial charge on any atom is -0.481 e. The molecule has 1 aromatic carbocycles. The first-order chi connectivity index (χ1) is 40.9. The molecule has 12 atom stereocenters. The maximum absolute atomic E-state index is 14.0. The van der Waals surface area contributed by atoms with Gasteiger partial charge in [-0.15, -0.1) is 0 Å². The number of carbonyl (C=O) groups is 14. The molecule has 0 saturated carbocycles. The molecule has 35 nitrogen and oxygen atoms in total. The second-order valence-electron chi connectivity index (χ2n) is 20.4. The molecule has 0 aliphatic heterocycles. The van der Waals surface area contributed by atoms with E-state index in [1.807, 2.05) is 0 Å². The van der Waals surface area contributed by atoms with Crippen LogP contribution in [-0.4, -0.2) is 228 Å². The minimum absolute atomic E-state index is 0.0410. The van der Waals surface area contributed by atoms with Gasteiger partial charge in [0.15, 0.2) is 6.04 Å². The molecule has 482 valence electrons. The third-order valence-corrected chi connectivity index (χ3v) is 12.5. The molecule has 0 unspecified atom stereocenters. The second kappa shape index (κ2) is 37.3. The zero-order chi connectivity index (χ0) is 65.7. The lowest BCUT2D eigenvalue weighted by Crippen LogP contribution is -2.62. The number of nitrogens with two attached hydrogens (primary N) is 1. The maximum atomic E-state index is 14.0. The Bertz CT molecular complexity index is 2700. The van der Waals surface area contributed by atoms with Crippen LogP contribution < -0.4 is 64.2 Å². The number of aliphatic carboxylic acids is 3. The number of carboxylic acid groups (broad SMARTS) is 3. The Morgan fingerprint density at radius 1 is 0.506 bits per heavy atom. The number of imidazole rings is 1. The number of rotatable bonds is 39. The molecule has 0 radical (unpaired) electrons. The van der Waals surface area contributed by atoms with E-state index < -0.39 is 207 Å². The van der Waals surface area contributed by atoms with Gasteiger partial charge in [0, 0.05) is 37.6 Å². The maximum Gasteiger partial charge on any atom is 0.328 e. The molecular weight excluding hydrogens is 1160 g/mol. The normalized spacial score (nSPS) is 15.2. The van der Waals surface area contributed by atoms with Gasteiger partial charge in [-0.25, -0.2) is 9.78 Å². The summed E-state index contributed by atoms with van der Waals surface area (Å²) < 4.78 is 0. The van der Waals surface area contributed by atoms with Crippen molar-refractivity contribution in [2.75, 3.05) is 26.3 Å². The minimum atomic E-state index is -1.98. The monoisotopic (exact) mass is 1230 g/mol. The quantitative estimate of drug-likeness (QED) is 0.0296. The van der Waals surface area contributed by atoms with Crippen LogP contribution in [0.25, 0.3) is 0 Å². The summed E-state index contributed by atoms with van der Waals surface area (Å²) in [6, 6.07) is -8.71. The van der Waals surface area contributed by atoms with Crippen molar-refractivity contribution in [2.45, 2.75) is 152 Å². The molecule has 87 heavy (non-hydrogen) atoms. The summed E-state index contributed by atoms with van der Waals surface area (Å²) in [5.41, 5.74) is 6.80. The van der Waals surface area contributed by atoms with Crippen molar-refractivity contribution < 1.29 is 103 Å². The highest BCUT2D eigenvalue weighted by Gasteiger charge is 2.36. The van der Waals surface area contributed by atoms with Crippen molar-refractivity contribution in [3.05, 3.63) is 54.1 Å². The summed E-state index contributed by atoms with van der Waals surface area (Å²) in [5, 5.41) is 93.4. The third kappa shape index (κ3) is 27.2. The van der Waals surface area contributed by atoms with Crippen LogP contribution in [0.15, 0.2) is 42.9 Å². The number of aliphatic hydroxyl groups is 4. The van der Waals surface area contributed by atoms with Gasteiger partial charge in [-0.1, -0.05) is 44.2 Å². The Kier molecular flexibility index (Phi) is 31.7. The Balaban J connectivity index is 2.23. The van der Waals surface area contributed by atoms with E-state index >= 15 is 0 Å². The van der Waals surface area contributed by atoms with Crippen LogP contribution in [0, 0.1) is 5.92 Å². The number of benzene rings is 1. The standard InChI is InChI=1S/C52H78N14O21/c1-24(2)15-33(47(81)58-25(3)43(77)66-42(27(5)70)52(86)87)61-46(80)32(12-14-40(75)76)60-49(83)35(21-67)64-50(84)36(22-68)63-48(82)34(16-28-9-7-6-8-10-28)62-51(85)41(26(4)69)65-38(72)20-56-45(79)31(11-13-39(73)74)59-37(71)19-55-44(78)30(53)17-29-18-54-23-57-29/h6-10,18,23-27,30-36,41-42,67-70H,11-17,19-22,53H2,1-5H3,(H,54,57)(H,55,78)(H,56,79)(H,58,81)(H,59,71)(H,60,83)(H,61,80)(H,62,85)(H,63,82)(H,64,84)(H,65,72)(H,66,77)(H,73,74)(H,75,76)(H,86,87)/t25-,26+,27+,30-,31-,32-,33-,34-,35-,36-,41-,42-/m0/s1. The van der Waals surface area contributed by atoms with Crippen molar-refractivity contribution in [2.24, 2.45) is 11.7 Å². The van der Waals surface area contributed by atoms with Gasteiger partial charge < -0.3 is 105 Å². The number of carbonyl (C=O) groups excluding carboxylic acids is 11. The summed E-state index contributed by atoms with van der Waals surface area (Å²) in [4.78, 5) is 187. The molecule has 1 aromatic heterocycles. The summed E-state index contributed by atoms with van der Waals surface area (Å²) >= 11 is 0. The summed E-state index contributed by atoms with van der Waals surface area (Å²) in [7, 11) is 0. The van der Waals surface area contributed by atoms with Crippen LogP contribution in [0.2, 0.25) is 0 Å². The van der Waals surface area contributed by atoms with Gasteiger partial charge in [0.25, 0.3) is 0 Å². The molecule has 0 aliphatic rings. The number of nitrogens with zero attached hydrogens (tertiary/aromatic N) is 1. The van der Waals surface area contributed by atoms with Crippen molar-refractivity contribution in [3.63, 3.8) is 0 Å². The fourth-order valence-electron chi connectivity index (χ4n) is 7.81. The highest BCUT2D eigenvalue weighted by atomic mass is 16.4. The second-order valence-corrected chi connectivity index (χ2v) is 20.4. The molecule has 0 spiro atoms.